The lowest BCUT2D eigenvalue weighted by Gasteiger charge is -2.03. The van der Waals surface area contributed by atoms with Gasteiger partial charge in [-0.25, -0.2) is 0 Å². The third-order valence-corrected chi connectivity index (χ3v) is 3.88. The first kappa shape index (κ1) is 10.2. The van der Waals surface area contributed by atoms with E-state index in [1.165, 1.54) is 11.3 Å². The van der Waals surface area contributed by atoms with E-state index in [-0.39, 0.29) is 6.10 Å². The van der Waals surface area contributed by atoms with Crippen molar-refractivity contribution in [2.24, 2.45) is 0 Å². The van der Waals surface area contributed by atoms with E-state index >= 15 is 0 Å². The van der Waals surface area contributed by atoms with Crippen LogP contribution in [0.5, 0.6) is 0 Å². The molecule has 1 aliphatic heterocycles. The molecular formula is C11H10N4O2S. The molecule has 0 aliphatic carbocycles. The molecule has 0 saturated carbocycles. The summed E-state index contributed by atoms with van der Waals surface area (Å²) in [5.74, 6) is 1.54. The zero-order valence-electron chi connectivity index (χ0n) is 9.44. The van der Waals surface area contributed by atoms with Gasteiger partial charge in [-0.15, -0.1) is 15.3 Å². The van der Waals surface area contributed by atoms with Crippen LogP contribution in [-0.2, 0) is 4.74 Å². The Balaban J connectivity index is 1.81. The van der Waals surface area contributed by atoms with Crippen LogP contribution >= 0.6 is 11.3 Å². The van der Waals surface area contributed by atoms with Gasteiger partial charge >= 0.3 is 0 Å². The van der Waals surface area contributed by atoms with Crippen molar-refractivity contribution in [1.29, 1.82) is 0 Å². The van der Waals surface area contributed by atoms with Crippen molar-refractivity contribution < 1.29 is 9.15 Å². The first-order valence-corrected chi connectivity index (χ1v) is 6.61. The van der Waals surface area contributed by atoms with Crippen molar-refractivity contribution in [1.82, 2.24) is 19.8 Å². The highest BCUT2D eigenvalue weighted by atomic mass is 32.1. The molecule has 4 rings (SSSR count). The molecule has 0 radical (unpaired) electrons. The zero-order valence-corrected chi connectivity index (χ0v) is 10.3. The Labute approximate surface area is 106 Å². The van der Waals surface area contributed by atoms with Gasteiger partial charge in [0.25, 0.3) is 0 Å². The van der Waals surface area contributed by atoms with E-state index in [0.29, 0.717) is 0 Å². The summed E-state index contributed by atoms with van der Waals surface area (Å²) in [5, 5.41) is 13.6. The molecule has 18 heavy (non-hydrogen) atoms. The van der Waals surface area contributed by atoms with Crippen LogP contribution in [0.2, 0.25) is 0 Å². The largest absolute Gasteiger partial charge is 0.462 e. The summed E-state index contributed by atoms with van der Waals surface area (Å²) in [7, 11) is 0. The average Bonchev–Trinajstić information content (AvgIpc) is 3.13. The van der Waals surface area contributed by atoms with Crippen LogP contribution in [0.3, 0.4) is 0 Å². The van der Waals surface area contributed by atoms with Gasteiger partial charge in [-0.1, -0.05) is 11.3 Å². The summed E-state index contributed by atoms with van der Waals surface area (Å²) in [5.41, 5.74) is 0. The van der Waals surface area contributed by atoms with Crippen LogP contribution in [0.25, 0.3) is 15.7 Å². The van der Waals surface area contributed by atoms with E-state index in [4.69, 9.17) is 9.15 Å². The smallest absolute Gasteiger partial charge is 0.235 e. The molecule has 7 heteroatoms. The SMILES string of the molecule is c1coc(-c2nn3c([C@H]4CCCO4)nnc3s2)c1. The average molecular weight is 262 g/mol. The molecule has 1 atom stereocenters. The van der Waals surface area contributed by atoms with Crippen LogP contribution in [0.4, 0.5) is 0 Å². The Morgan fingerprint density at radius 3 is 3.17 bits per heavy atom. The number of hydrogen-bond acceptors (Lipinski definition) is 6. The Morgan fingerprint density at radius 1 is 1.39 bits per heavy atom. The van der Waals surface area contributed by atoms with Crippen molar-refractivity contribution >= 4 is 16.3 Å². The van der Waals surface area contributed by atoms with Crippen molar-refractivity contribution in [2.75, 3.05) is 6.61 Å². The number of fused-ring (bicyclic) bond motifs is 1. The van der Waals surface area contributed by atoms with Crippen LogP contribution in [-0.4, -0.2) is 26.4 Å². The molecule has 6 nitrogen and oxygen atoms in total. The van der Waals surface area contributed by atoms with Crippen molar-refractivity contribution in [3.8, 4) is 10.8 Å². The molecular weight excluding hydrogens is 252 g/mol. The zero-order chi connectivity index (χ0) is 11.9. The second-order valence-electron chi connectivity index (χ2n) is 4.14. The Kier molecular flexibility index (Phi) is 2.21. The molecule has 0 amide bonds. The van der Waals surface area contributed by atoms with Gasteiger partial charge in [-0.05, 0) is 25.0 Å². The minimum Gasteiger partial charge on any atom is -0.462 e. The van der Waals surface area contributed by atoms with Crippen molar-refractivity contribution in [3.63, 3.8) is 0 Å². The van der Waals surface area contributed by atoms with Crippen LogP contribution in [0.1, 0.15) is 24.8 Å². The fraction of sp³-hybridized carbons (Fsp3) is 0.364. The number of ether oxygens (including phenoxy) is 1. The summed E-state index contributed by atoms with van der Waals surface area (Å²) < 4.78 is 12.7. The number of hydrogen-bond donors (Lipinski definition) is 0. The van der Waals surface area contributed by atoms with Gasteiger partial charge in [0.2, 0.25) is 4.96 Å². The summed E-state index contributed by atoms with van der Waals surface area (Å²) in [6, 6.07) is 3.73. The standard InChI is InChI=1S/C11H10N4O2S/c1-3-7(16-5-1)9-12-13-11-15(9)14-10(18-11)8-4-2-6-17-8/h2,4,6-7H,1,3,5H2/t7-/m1/s1. The predicted octanol–water partition coefficient (Wildman–Crippen LogP) is 2.30. The van der Waals surface area contributed by atoms with Gasteiger partial charge in [-0.2, -0.15) is 4.52 Å². The summed E-state index contributed by atoms with van der Waals surface area (Å²) in [4.78, 5) is 0.770. The van der Waals surface area contributed by atoms with E-state index in [0.717, 1.165) is 41.0 Å². The number of aromatic nitrogens is 4. The van der Waals surface area contributed by atoms with Crippen LogP contribution < -0.4 is 0 Å². The maximum Gasteiger partial charge on any atom is 0.235 e. The Bertz CT molecular complexity index is 666. The Hall–Kier alpha value is -1.73. The number of nitrogens with zero attached hydrogens (tertiary/aromatic N) is 4. The van der Waals surface area contributed by atoms with E-state index in [1.54, 1.807) is 10.8 Å². The van der Waals surface area contributed by atoms with Crippen LogP contribution in [0, 0.1) is 0 Å². The van der Waals surface area contributed by atoms with Gasteiger partial charge in [0, 0.05) is 6.61 Å². The molecule has 0 aromatic carbocycles. The van der Waals surface area contributed by atoms with Gasteiger partial charge < -0.3 is 9.15 Å². The molecule has 1 saturated heterocycles. The van der Waals surface area contributed by atoms with E-state index in [2.05, 4.69) is 15.3 Å². The van der Waals surface area contributed by atoms with E-state index in [1.807, 2.05) is 12.1 Å². The lowest BCUT2D eigenvalue weighted by atomic mass is 10.2. The van der Waals surface area contributed by atoms with Gasteiger partial charge in [0.15, 0.2) is 16.6 Å². The number of rotatable bonds is 2. The maximum atomic E-state index is 5.62. The van der Waals surface area contributed by atoms with E-state index in [9.17, 15) is 0 Å². The van der Waals surface area contributed by atoms with Crippen molar-refractivity contribution in [2.45, 2.75) is 18.9 Å². The van der Waals surface area contributed by atoms with E-state index < -0.39 is 0 Å². The number of furan rings is 1. The second kappa shape index (κ2) is 3.89. The molecule has 1 fully saturated rings. The summed E-state index contributed by atoms with van der Waals surface area (Å²) in [6.45, 7) is 0.786. The molecule has 0 spiro atoms. The van der Waals surface area contributed by atoms with Crippen LogP contribution in [0.15, 0.2) is 22.8 Å². The third-order valence-electron chi connectivity index (χ3n) is 2.96. The lowest BCUT2D eigenvalue weighted by Crippen LogP contribution is -2.03. The highest BCUT2D eigenvalue weighted by molar-refractivity contribution is 7.19. The topological polar surface area (TPSA) is 65.5 Å². The first-order chi connectivity index (χ1) is 8.92. The molecule has 1 aliphatic rings. The molecule has 4 heterocycles. The minimum atomic E-state index is 0.0200. The maximum absolute atomic E-state index is 5.62. The van der Waals surface area contributed by atoms with Gasteiger partial charge in [0.05, 0.1) is 6.26 Å². The molecule has 92 valence electrons. The predicted molar refractivity (Wildman–Crippen MR) is 64.3 cm³/mol. The highest BCUT2D eigenvalue weighted by Crippen LogP contribution is 2.30. The molecule has 0 N–H and O–H groups in total. The Morgan fingerprint density at radius 2 is 2.39 bits per heavy atom. The molecule has 0 unspecified atom stereocenters. The minimum absolute atomic E-state index is 0.0200. The summed E-state index contributed by atoms with van der Waals surface area (Å²) >= 11 is 1.46. The quantitative estimate of drug-likeness (QED) is 0.709. The van der Waals surface area contributed by atoms with Gasteiger partial charge in [0.1, 0.15) is 6.10 Å². The monoisotopic (exact) mass is 262 g/mol. The lowest BCUT2D eigenvalue weighted by molar-refractivity contribution is 0.103. The first-order valence-electron chi connectivity index (χ1n) is 5.79. The fourth-order valence-corrected chi connectivity index (χ4v) is 2.93. The molecule has 3 aromatic heterocycles. The van der Waals surface area contributed by atoms with Gasteiger partial charge in [-0.3, -0.25) is 0 Å². The summed E-state index contributed by atoms with van der Waals surface area (Å²) in [6.07, 6.45) is 3.70. The second-order valence-corrected chi connectivity index (χ2v) is 5.09. The highest BCUT2D eigenvalue weighted by Gasteiger charge is 2.25. The normalized spacial score (nSPS) is 19.9. The van der Waals surface area contributed by atoms with Crippen molar-refractivity contribution in [3.05, 3.63) is 24.2 Å². The molecule has 0 bridgehead atoms. The fourth-order valence-electron chi connectivity index (χ4n) is 2.11. The third kappa shape index (κ3) is 1.48. The molecule has 3 aromatic rings.